The molecule has 1 aromatic rings. The maximum Gasteiger partial charge on any atom is 0.247 e. The molecule has 0 aromatic heterocycles. The second-order valence-electron chi connectivity index (χ2n) is 5.74. The van der Waals surface area contributed by atoms with Gasteiger partial charge in [-0.25, -0.2) is 8.42 Å². The first kappa shape index (κ1) is 17.5. The molecule has 0 saturated carbocycles. The molecule has 1 heterocycles. The molecule has 2 atom stereocenters. The zero-order chi connectivity index (χ0) is 16.7. The predicted octanol–water partition coefficient (Wildman–Crippen LogP) is 2.76. The minimum Gasteiger partial charge on any atom is -0.495 e. The second-order valence-corrected chi connectivity index (χ2v) is 8.00. The Morgan fingerprint density at radius 1 is 1.27 bits per heavy atom. The highest BCUT2D eigenvalue weighted by molar-refractivity contribution is 7.89. The molecule has 22 heavy (non-hydrogen) atoms. The van der Waals surface area contributed by atoms with Gasteiger partial charge in [-0.15, -0.1) is 0 Å². The number of sulfonamides is 1. The third kappa shape index (κ3) is 3.11. The number of hydrogen-bond donors (Lipinski definition) is 0. The molecule has 0 unspecified atom stereocenters. The summed E-state index contributed by atoms with van der Waals surface area (Å²) < 4.78 is 38.5. The lowest BCUT2D eigenvalue weighted by Crippen LogP contribution is -2.48. The van der Waals surface area contributed by atoms with Crippen LogP contribution in [0.1, 0.15) is 25.0 Å². The number of halogens is 1. The van der Waals surface area contributed by atoms with Gasteiger partial charge < -0.3 is 9.47 Å². The standard InChI is InChI=1S/C15H22ClNO4S/c1-9-6-13(20-5)15(12(4)14(9)16)22(18,19)17-7-10(2)21-11(3)8-17/h6,10-11H,7-8H2,1-5H3/t10-,11-/m1/s1. The molecule has 5 nitrogen and oxygen atoms in total. The van der Waals surface area contributed by atoms with E-state index in [1.165, 1.54) is 11.4 Å². The Kier molecular flexibility index (Phi) is 5.06. The molecular formula is C15H22ClNO4S. The number of hydrogen-bond acceptors (Lipinski definition) is 4. The van der Waals surface area contributed by atoms with Crippen molar-refractivity contribution in [2.75, 3.05) is 20.2 Å². The summed E-state index contributed by atoms with van der Waals surface area (Å²) in [5.41, 5.74) is 1.31. The van der Waals surface area contributed by atoms with E-state index >= 15 is 0 Å². The molecule has 1 fully saturated rings. The molecule has 0 N–H and O–H groups in total. The number of rotatable bonds is 3. The number of ether oxygens (including phenoxy) is 2. The number of benzene rings is 1. The van der Waals surface area contributed by atoms with Crippen LogP contribution in [0.2, 0.25) is 5.02 Å². The van der Waals surface area contributed by atoms with Crippen LogP contribution in [0, 0.1) is 13.8 Å². The molecule has 1 aromatic carbocycles. The topological polar surface area (TPSA) is 55.8 Å². The first-order valence-electron chi connectivity index (χ1n) is 7.17. The van der Waals surface area contributed by atoms with Gasteiger partial charge in [-0.3, -0.25) is 0 Å². The lowest BCUT2D eigenvalue weighted by Gasteiger charge is -2.35. The van der Waals surface area contributed by atoms with E-state index < -0.39 is 10.0 Å². The Hall–Kier alpha value is -0.820. The lowest BCUT2D eigenvalue weighted by atomic mass is 10.1. The average molecular weight is 348 g/mol. The molecule has 1 aliphatic heterocycles. The quantitative estimate of drug-likeness (QED) is 0.843. The molecule has 0 spiro atoms. The Bertz CT molecular complexity index is 665. The Morgan fingerprint density at radius 2 is 1.82 bits per heavy atom. The minimum atomic E-state index is -3.70. The van der Waals surface area contributed by atoms with Crippen molar-refractivity contribution < 1.29 is 17.9 Å². The van der Waals surface area contributed by atoms with Gasteiger partial charge in [0.2, 0.25) is 10.0 Å². The average Bonchev–Trinajstić information content (AvgIpc) is 2.42. The van der Waals surface area contributed by atoms with Gasteiger partial charge in [0.1, 0.15) is 10.6 Å². The Morgan fingerprint density at radius 3 is 2.32 bits per heavy atom. The fourth-order valence-corrected chi connectivity index (χ4v) is 5.00. The molecule has 2 rings (SSSR count). The Labute approximate surface area is 137 Å². The largest absolute Gasteiger partial charge is 0.495 e. The van der Waals surface area contributed by atoms with Crippen molar-refractivity contribution in [3.8, 4) is 5.75 Å². The molecule has 1 aliphatic rings. The summed E-state index contributed by atoms with van der Waals surface area (Å²) in [6.45, 7) is 7.90. The maximum atomic E-state index is 13.1. The molecule has 124 valence electrons. The molecule has 7 heteroatoms. The lowest BCUT2D eigenvalue weighted by molar-refractivity contribution is -0.0441. The number of morpholine rings is 1. The van der Waals surface area contributed by atoms with Crippen molar-refractivity contribution in [3.05, 3.63) is 22.2 Å². The minimum absolute atomic E-state index is 0.145. The van der Waals surface area contributed by atoms with Crippen molar-refractivity contribution in [3.63, 3.8) is 0 Å². The van der Waals surface area contributed by atoms with E-state index in [1.807, 2.05) is 20.8 Å². The summed E-state index contributed by atoms with van der Waals surface area (Å²) in [5.74, 6) is 0.325. The van der Waals surface area contributed by atoms with E-state index in [2.05, 4.69) is 0 Å². The zero-order valence-electron chi connectivity index (χ0n) is 13.5. The maximum absolute atomic E-state index is 13.1. The third-order valence-corrected chi connectivity index (χ3v) is 6.37. The van der Waals surface area contributed by atoms with Crippen molar-refractivity contribution in [1.29, 1.82) is 0 Å². The monoisotopic (exact) mass is 347 g/mol. The van der Waals surface area contributed by atoms with Gasteiger partial charge in [-0.2, -0.15) is 4.31 Å². The smallest absolute Gasteiger partial charge is 0.247 e. The summed E-state index contributed by atoms with van der Waals surface area (Å²) in [4.78, 5) is 0.145. The van der Waals surface area contributed by atoms with Crippen LogP contribution >= 0.6 is 11.6 Å². The first-order valence-corrected chi connectivity index (χ1v) is 8.99. The fourth-order valence-electron chi connectivity index (χ4n) is 2.83. The fraction of sp³-hybridized carbons (Fsp3) is 0.600. The molecule has 1 saturated heterocycles. The van der Waals surface area contributed by atoms with E-state index in [0.717, 1.165) is 5.56 Å². The summed E-state index contributed by atoms with van der Waals surface area (Å²) in [6, 6.07) is 1.66. The number of methoxy groups -OCH3 is 1. The van der Waals surface area contributed by atoms with E-state index in [4.69, 9.17) is 21.1 Å². The van der Waals surface area contributed by atoms with Gasteiger partial charge >= 0.3 is 0 Å². The number of nitrogens with zero attached hydrogens (tertiary/aromatic N) is 1. The highest BCUT2D eigenvalue weighted by Gasteiger charge is 2.35. The van der Waals surface area contributed by atoms with Crippen LogP contribution in [0.25, 0.3) is 0 Å². The second kappa shape index (κ2) is 6.35. The third-order valence-electron chi connectivity index (χ3n) is 3.79. The van der Waals surface area contributed by atoms with Crippen LogP contribution in [0.5, 0.6) is 5.75 Å². The van der Waals surface area contributed by atoms with Gasteiger partial charge in [0, 0.05) is 18.1 Å². The number of aryl methyl sites for hydroxylation is 1. The van der Waals surface area contributed by atoms with Crippen LogP contribution < -0.4 is 4.74 Å². The summed E-state index contributed by atoms with van der Waals surface area (Å²) in [7, 11) is -2.23. The van der Waals surface area contributed by atoms with Crippen LogP contribution in [-0.2, 0) is 14.8 Å². The Balaban J connectivity index is 2.56. The van der Waals surface area contributed by atoms with Gasteiger partial charge in [0.25, 0.3) is 0 Å². The zero-order valence-corrected chi connectivity index (χ0v) is 15.1. The molecule has 0 bridgehead atoms. The normalized spacial score (nSPS) is 23.5. The molecule has 0 aliphatic carbocycles. The highest BCUT2D eigenvalue weighted by Crippen LogP contribution is 2.37. The van der Waals surface area contributed by atoms with Gasteiger partial charge in [0.15, 0.2) is 0 Å². The van der Waals surface area contributed by atoms with Crippen molar-refractivity contribution in [1.82, 2.24) is 4.31 Å². The van der Waals surface area contributed by atoms with E-state index in [0.29, 0.717) is 29.4 Å². The SMILES string of the molecule is COc1cc(C)c(Cl)c(C)c1S(=O)(=O)N1C[C@@H](C)O[C@H](C)C1. The van der Waals surface area contributed by atoms with E-state index in [9.17, 15) is 8.42 Å². The summed E-state index contributed by atoms with van der Waals surface area (Å²) >= 11 is 6.25. The molecular weight excluding hydrogens is 326 g/mol. The highest BCUT2D eigenvalue weighted by atomic mass is 35.5. The van der Waals surface area contributed by atoms with Gasteiger partial charge in [-0.1, -0.05) is 11.6 Å². The van der Waals surface area contributed by atoms with Gasteiger partial charge in [-0.05, 0) is 44.9 Å². The first-order chi connectivity index (χ1) is 10.2. The van der Waals surface area contributed by atoms with Crippen LogP contribution in [0.4, 0.5) is 0 Å². The molecule has 0 radical (unpaired) electrons. The van der Waals surface area contributed by atoms with E-state index in [-0.39, 0.29) is 17.1 Å². The summed E-state index contributed by atoms with van der Waals surface area (Å²) in [5, 5.41) is 0.453. The van der Waals surface area contributed by atoms with Crippen molar-refractivity contribution in [2.45, 2.75) is 44.8 Å². The predicted molar refractivity (Wildman–Crippen MR) is 86.2 cm³/mol. The van der Waals surface area contributed by atoms with Gasteiger partial charge in [0.05, 0.1) is 19.3 Å². The van der Waals surface area contributed by atoms with Crippen LogP contribution in [0.15, 0.2) is 11.0 Å². The van der Waals surface area contributed by atoms with Crippen LogP contribution in [0.3, 0.4) is 0 Å². The summed E-state index contributed by atoms with van der Waals surface area (Å²) in [6.07, 6.45) is -0.295. The van der Waals surface area contributed by atoms with Crippen molar-refractivity contribution in [2.24, 2.45) is 0 Å². The molecule has 0 amide bonds. The van der Waals surface area contributed by atoms with Crippen molar-refractivity contribution >= 4 is 21.6 Å². The van der Waals surface area contributed by atoms with E-state index in [1.54, 1.807) is 13.0 Å². The van der Waals surface area contributed by atoms with Crippen LogP contribution in [-0.4, -0.2) is 45.1 Å².